The Balaban J connectivity index is 0.000000156. The normalized spacial score (nSPS) is 16.9. The Morgan fingerprint density at radius 3 is 1.78 bits per heavy atom. The van der Waals surface area contributed by atoms with Crippen LogP contribution in [0.25, 0.3) is 44.3 Å². The lowest BCUT2D eigenvalue weighted by atomic mass is 10.0. The SMILES string of the molecule is COc1ccc(Cn2nc3c4c(nccc42)N(C2CCOCC2)Cc2cnc(C(F)(F)F)cc2-3)cc1.FC(F)(F)c1cc2c(cn1)CN(C1CCOCC1)c1nccc3[nH]nc-2c13. The van der Waals surface area contributed by atoms with Gasteiger partial charge in [0, 0.05) is 87.5 Å². The molecule has 0 atom stereocenters. The molecule has 4 aliphatic heterocycles. The first-order chi connectivity index (χ1) is 30.4. The van der Waals surface area contributed by atoms with Gasteiger partial charge in [0.1, 0.15) is 40.2 Å². The summed E-state index contributed by atoms with van der Waals surface area (Å²) in [6.07, 6.45) is 0.355. The number of halogens is 6. The van der Waals surface area contributed by atoms with Crippen LogP contribution >= 0.6 is 0 Å². The summed E-state index contributed by atoms with van der Waals surface area (Å²) in [5, 5.41) is 13.6. The minimum Gasteiger partial charge on any atom is -0.497 e. The number of methoxy groups -OCH3 is 1. The van der Waals surface area contributed by atoms with Crippen molar-refractivity contribution >= 4 is 33.4 Å². The Kier molecular flexibility index (Phi) is 10.4. The van der Waals surface area contributed by atoms with E-state index in [0.717, 1.165) is 82.6 Å². The van der Waals surface area contributed by atoms with Crippen LogP contribution in [0.2, 0.25) is 0 Å². The van der Waals surface area contributed by atoms with Crippen LogP contribution in [-0.2, 0) is 41.5 Å². The highest BCUT2D eigenvalue weighted by atomic mass is 19.4. The van der Waals surface area contributed by atoms with Crippen molar-refractivity contribution in [2.45, 2.75) is 69.8 Å². The van der Waals surface area contributed by atoms with Crippen molar-refractivity contribution in [3.63, 3.8) is 0 Å². The van der Waals surface area contributed by atoms with E-state index in [4.69, 9.17) is 24.3 Å². The summed E-state index contributed by atoms with van der Waals surface area (Å²) in [7, 11) is 1.61. The predicted octanol–water partition coefficient (Wildman–Crippen LogP) is 8.61. The molecular weight excluding hydrogens is 831 g/mol. The molecule has 326 valence electrons. The number of anilines is 2. The largest absolute Gasteiger partial charge is 0.497 e. The summed E-state index contributed by atoms with van der Waals surface area (Å²) in [4.78, 5) is 21.1. The maximum Gasteiger partial charge on any atom is 0.433 e. The minimum atomic E-state index is -4.55. The van der Waals surface area contributed by atoms with Gasteiger partial charge in [-0.15, -0.1) is 0 Å². The Labute approximate surface area is 356 Å². The molecular formula is C44H40F6N10O3. The van der Waals surface area contributed by atoms with E-state index in [1.165, 1.54) is 12.4 Å². The van der Waals surface area contributed by atoms with Crippen LogP contribution in [0.1, 0.15) is 53.8 Å². The molecule has 4 aliphatic rings. The number of nitrogens with one attached hydrogen (secondary N) is 1. The molecule has 7 aromatic rings. The van der Waals surface area contributed by atoms with Gasteiger partial charge < -0.3 is 24.0 Å². The number of aromatic amines is 1. The van der Waals surface area contributed by atoms with Crippen molar-refractivity contribution in [3.8, 4) is 28.3 Å². The number of H-pyrrole nitrogens is 1. The number of aromatic nitrogens is 8. The third-order valence-electron chi connectivity index (χ3n) is 12.1. The molecule has 0 aliphatic carbocycles. The fourth-order valence-corrected chi connectivity index (χ4v) is 8.99. The predicted molar refractivity (Wildman–Crippen MR) is 220 cm³/mol. The smallest absolute Gasteiger partial charge is 0.433 e. The molecule has 11 rings (SSSR count). The summed E-state index contributed by atoms with van der Waals surface area (Å²) < 4.78 is 98.7. The molecule has 6 aromatic heterocycles. The average Bonchev–Trinajstić information content (AvgIpc) is 3.82. The number of fused-ring (bicyclic) bond motifs is 4. The Morgan fingerprint density at radius 1 is 0.683 bits per heavy atom. The zero-order valence-electron chi connectivity index (χ0n) is 33.9. The third kappa shape index (κ3) is 7.66. The average molecular weight is 871 g/mol. The standard InChI is InChI=1S/C26H24F3N5O2.C18H16F3N5O/c1-35-19-4-2-16(3-5-19)14-34-21-6-9-30-25-23(21)24(32-34)20-12-22(26(27,28)29)31-13-17(20)15-33(25)18-7-10-36-11-8-18;19-18(20,21)14-7-12-10(8-23-14)9-26(11-2-5-27-6-3-11)17-15-13(1-4-22-17)24-25-16(12)15/h2-6,9,12-13,18H,7-8,10-11,14-15H2,1H3;1,4,7-8,11H,2-3,5-6,9H2,(H,24,25). The molecule has 2 fully saturated rings. The second-order valence-electron chi connectivity index (χ2n) is 15.9. The lowest BCUT2D eigenvalue weighted by Crippen LogP contribution is -2.39. The van der Waals surface area contributed by atoms with E-state index >= 15 is 0 Å². The number of nitrogens with zero attached hydrogens (tertiary/aromatic N) is 9. The van der Waals surface area contributed by atoms with Crippen molar-refractivity contribution in [3.05, 3.63) is 101 Å². The fraction of sp³-hybridized carbons (Fsp3) is 0.364. The van der Waals surface area contributed by atoms with E-state index in [1.807, 2.05) is 35.0 Å². The van der Waals surface area contributed by atoms with Gasteiger partial charge in [-0.25, -0.2) is 9.97 Å². The second kappa shape index (κ2) is 16.1. The molecule has 0 radical (unpaired) electrons. The Hall–Kier alpha value is -6.34. The summed E-state index contributed by atoms with van der Waals surface area (Å²) >= 11 is 0. The molecule has 0 unspecified atom stereocenters. The van der Waals surface area contributed by atoms with E-state index in [0.29, 0.717) is 79.7 Å². The first-order valence-electron chi connectivity index (χ1n) is 20.6. The Bertz CT molecular complexity index is 2800. The summed E-state index contributed by atoms with van der Waals surface area (Å²) in [5.74, 6) is 2.23. The van der Waals surface area contributed by atoms with Gasteiger partial charge in [-0.05, 0) is 78.8 Å². The maximum atomic E-state index is 13.6. The quantitative estimate of drug-likeness (QED) is 0.167. The molecule has 0 saturated carbocycles. The van der Waals surface area contributed by atoms with Gasteiger partial charge in [-0.3, -0.25) is 19.7 Å². The van der Waals surface area contributed by atoms with Crippen LogP contribution in [0, 0.1) is 0 Å². The van der Waals surface area contributed by atoms with Gasteiger partial charge in [-0.1, -0.05) is 12.1 Å². The molecule has 0 spiro atoms. The zero-order valence-corrected chi connectivity index (χ0v) is 33.9. The Morgan fingerprint density at radius 2 is 1.22 bits per heavy atom. The first-order valence-corrected chi connectivity index (χ1v) is 20.6. The molecule has 2 saturated heterocycles. The maximum absolute atomic E-state index is 13.6. The number of benzene rings is 1. The molecule has 0 amide bonds. The monoisotopic (exact) mass is 870 g/mol. The minimum absolute atomic E-state index is 0.155. The van der Waals surface area contributed by atoms with E-state index in [1.54, 1.807) is 25.6 Å². The zero-order chi connectivity index (χ0) is 43.5. The van der Waals surface area contributed by atoms with Crippen LogP contribution in [0.15, 0.2) is 73.3 Å². The van der Waals surface area contributed by atoms with Crippen molar-refractivity contribution in [2.24, 2.45) is 0 Å². The lowest BCUT2D eigenvalue weighted by molar-refractivity contribution is -0.141. The van der Waals surface area contributed by atoms with Gasteiger partial charge in [-0.2, -0.15) is 36.5 Å². The number of rotatable bonds is 5. The van der Waals surface area contributed by atoms with Crippen LogP contribution in [0.5, 0.6) is 5.75 Å². The van der Waals surface area contributed by atoms with Crippen LogP contribution in [0.3, 0.4) is 0 Å². The van der Waals surface area contributed by atoms with E-state index in [2.05, 4.69) is 34.9 Å². The number of hydrogen-bond acceptors (Lipinski definition) is 11. The van der Waals surface area contributed by atoms with E-state index in [9.17, 15) is 26.3 Å². The lowest BCUT2D eigenvalue weighted by Gasteiger charge is -2.35. The number of alkyl halides is 6. The molecule has 63 heavy (non-hydrogen) atoms. The van der Waals surface area contributed by atoms with Gasteiger partial charge in [0.05, 0.1) is 35.5 Å². The molecule has 1 N–H and O–H groups in total. The number of hydrogen-bond donors (Lipinski definition) is 1. The fourth-order valence-electron chi connectivity index (χ4n) is 8.99. The molecule has 19 heteroatoms. The molecule has 13 nitrogen and oxygen atoms in total. The van der Waals surface area contributed by atoms with Crippen molar-refractivity contribution in [2.75, 3.05) is 43.3 Å². The highest BCUT2D eigenvalue weighted by Crippen LogP contribution is 2.44. The van der Waals surface area contributed by atoms with Gasteiger partial charge in [0.15, 0.2) is 0 Å². The molecule has 10 heterocycles. The summed E-state index contributed by atoms with van der Waals surface area (Å²) in [6, 6.07) is 13.9. The van der Waals surface area contributed by atoms with E-state index < -0.39 is 23.7 Å². The third-order valence-corrected chi connectivity index (χ3v) is 12.1. The van der Waals surface area contributed by atoms with Crippen LogP contribution in [0.4, 0.5) is 38.0 Å². The summed E-state index contributed by atoms with van der Waals surface area (Å²) in [6.45, 7) is 3.90. The van der Waals surface area contributed by atoms with Crippen molar-refractivity contribution in [1.82, 2.24) is 39.9 Å². The van der Waals surface area contributed by atoms with Gasteiger partial charge in [0.2, 0.25) is 0 Å². The highest BCUT2D eigenvalue weighted by Gasteiger charge is 2.38. The van der Waals surface area contributed by atoms with Gasteiger partial charge in [0.25, 0.3) is 0 Å². The first kappa shape index (κ1) is 40.7. The molecule has 0 bridgehead atoms. The number of ether oxygens (including phenoxy) is 3. The van der Waals surface area contributed by atoms with Crippen LogP contribution < -0.4 is 14.5 Å². The second-order valence-corrected chi connectivity index (χ2v) is 15.9. The van der Waals surface area contributed by atoms with Gasteiger partial charge >= 0.3 is 12.4 Å². The molecule has 1 aromatic carbocycles. The summed E-state index contributed by atoms with van der Waals surface area (Å²) in [5.41, 5.74) is 4.02. The van der Waals surface area contributed by atoms with Crippen LogP contribution in [-0.4, -0.2) is 85.5 Å². The topological polar surface area (TPSA) is 132 Å². The van der Waals surface area contributed by atoms with E-state index in [-0.39, 0.29) is 12.1 Å². The number of pyridine rings is 4. The van der Waals surface area contributed by atoms with Crippen molar-refractivity contribution < 1.29 is 40.6 Å². The van der Waals surface area contributed by atoms with Crippen molar-refractivity contribution in [1.29, 1.82) is 0 Å². The highest BCUT2D eigenvalue weighted by molar-refractivity contribution is 6.03.